The van der Waals surface area contributed by atoms with Crippen LogP contribution in [0, 0.1) is 13.8 Å². The van der Waals surface area contributed by atoms with E-state index in [1.807, 2.05) is 68.4 Å². The highest BCUT2D eigenvalue weighted by atomic mass is 32.2. The molecule has 5 rings (SSSR count). The number of hydrogen-bond acceptors (Lipinski definition) is 5. The summed E-state index contributed by atoms with van der Waals surface area (Å²) in [7, 11) is -2.13. The molecular weight excluding hydrogens is 586 g/mol. The number of anilines is 3. The van der Waals surface area contributed by atoms with Gasteiger partial charge in [0.15, 0.2) is 0 Å². The number of carbonyl (C=O) groups is 2. The van der Waals surface area contributed by atoms with Crippen molar-refractivity contribution in [1.82, 2.24) is 9.80 Å². The predicted octanol–water partition coefficient (Wildman–Crippen LogP) is 6.12. The zero-order chi connectivity index (χ0) is 32.0. The summed E-state index contributed by atoms with van der Waals surface area (Å²) in [5.74, 6) is -0.233. The maximum absolute atomic E-state index is 14.0. The van der Waals surface area contributed by atoms with Crippen molar-refractivity contribution in [1.29, 1.82) is 0 Å². The van der Waals surface area contributed by atoms with E-state index >= 15 is 0 Å². The van der Waals surface area contributed by atoms with Crippen LogP contribution in [0.25, 0.3) is 0 Å². The van der Waals surface area contributed by atoms with Crippen LogP contribution in [-0.2, 0) is 16.6 Å². The van der Waals surface area contributed by atoms with E-state index in [1.54, 1.807) is 59.3 Å². The normalized spacial score (nSPS) is 13.6. The summed E-state index contributed by atoms with van der Waals surface area (Å²) >= 11 is 0. The smallest absolute Gasteiger partial charge is 0.321 e. The number of amides is 3. The van der Waals surface area contributed by atoms with Crippen LogP contribution in [0.1, 0.15) is 33.5 Å². The monoisotopic (exact) mass is 625 g/mol. The molecule has 10 heteroatoms. The number of hydrogen-bond donors (Lipinski definition) is 2. The molecule has 1 fully saturated rings. The van der Waals surface area contributed by atoms with E-state index in [9.17, 15) is 18.0 Å². The average molecular weight is 626 g/mol. The number of urea groups is 1. The molecule has 0 radical (unpaired) electrons. The lowest BCUT2D eigenvalue weighted by Crippen LogP contribution is -2.38. The molecule has 0 spiro atoms. The van der Waals surface area contributed by atoms with E-state index in [0.29, 0.717) is 56.1 Å². The first-order valence-corrected chi connectivity index (χ1v) is 16.5. The fourth-order valence-electron chi connectivity index (χ4n) is 5.31. The lowest BCUT2D eigenvalue weighted by atomic mass is 10.1. The van der Waals surface area contributed by atoms with Crippen molar-refractivity contribution >= 4 is 39.0 Å². The Bertz CT molecular complexity index is 1740. The van der Waals surface area contributed by atoms with Crippen molar-refractivity contribution in [3.8, 4) is 0 Å². The molecule has 0 saturated carbocycles. The number of carbonyl (C=O) groups excluding carboxylic acids is 2. The second kappa shape index (κ2) is 13.9. The highest BCUT2D eigenvalue weighted by molar-refractivity contribution is 7.92. The van der Waals surface area contributed by atoms with Crippen molar-refractivity contribution in [2.24, 2.45) is 0 Å². The fourth-order valence-corrected chi connectivity index (χ4v) is 6.36. The first-order chi connectivity index (χ1) is 21.6. The molecular formula is C35H39N5O4S. The second-order valence-electron chi connectivity index (χ2n) is 11.4. The van der Waals surface area contributed by atoms with Gasteiger partial charge in [0.25, 0.3) is 15.9 Å². The van der Waals surface area contributed by atoms with Gasteiger partial charge >= 0.3 is 6.03 Å². The maximum atomic E-state index is 14.0. The van der Waals surface area contributed by atoms with Gasteiger partial charge in [-0.15, -0.1) is 0 Å². The summed E-state index contributed by atoms with van der Waals surface area (Å²) in [6.07, 6.45) is 0.705. The summed E-state index contributed by atoms with van der Waals surface area (Å²) in [5, 5.41) is 2.98. The molecule has 45 heavy (non-hydrogen) atoms. The van der Waals surface area contributed by atoms with Crippen LogP contribution in [0.4, 0.5) is 21.9 Å². The number of nitrogens with zero attached hydrogens (tertiary/aromatic N) is 3. The van der Waals surface area contributed by atoms with Crippen LogP contribution in [0.5, 0.6) is 0 Å². The van der Waals surface area contributed by atoms with E-state index in [1.165, 1.54) is 0 Å². The Hall–Kier alpha value is -4.83. The van der Waals surface area contributed by atoms with Gasteiger partial charge in [0, 0.05) is 56.8 Å². The molecule has 9 nitrogen and oxygen atoms in total. The van der Waals surface area contributed by atoms with E-state index in [0.717, 1.165) is 22.4 Å². The lowest BCUT2D eigenvalue weighted by molar-refractivity contribution is 0.0785. The predicted molar refractivity (Wildman–Crippen MR) is 179 cm³/mol. The van der Waals surface area contributed by atoms with Crippen LogP contribution in [-0.4, -0.2) is 63.4 Å². The van der Waals surface area contributed by atoms with Gasteiger partial charge in [0.2, 0.25) is 0 Å². The average Bonchev–Trinajstić information content (AvgIpc) is 3.29. The van der Waals surface area contributed by atoms with Gasteiger partial charge in [0.1, 0.15) is 0 Å². The Morgan fingerprint density at radius 2 is 1.42 bits per heavy atom. The summed E-state index contributed by atoms with van der Waals surface area (Å²) in [5.41, 5.74) is 5.17. The number of nitrogens with one attached hydrogen (secondary N) is 2. The highest BCUT2D eigenvalue weighted by Gasteiger charge is 2.25. The molecule has 1 heterocycles. The van der Waals surface area contributed by atoms with Crippen molar-refractivity contribution in [2.75, 3.05) is 48.2 Å². The van der Waals surface area contributed by atoms with Gasteiger partial charge in [-0.25, -0.2) is 13.2 Å². The molecule has 1 aliphatic heterocycles. The van der Waals surface area contributed by atoms with E-state index in [4.69, 9.17) is 0 Å². The molecule has 3 amide bonds. The van der Waals surface area contributed by atoms with Crippen LogP contribution in [0.2, 0.25) is 0 Å². The third-order valence-corrected chi connectivity index (χ3v) is 9.24. The van der Waals surface area contributed by atoms with Crippen LogP contribution < -0.4 is 14.9 Å². The van der Waals surface area contributed by atoms with Crippen molar-refractivity contribution in [2.45, 2.75) is 31.7 Å². The summed E-state index contributed by atoms with van der Waals surface area (Å²) in [6.45, 7) is 6.46. The number of aryl methyl sites for hydroxylation is 2. The maximum Gasteiger partial charge on any atom is 0.321 e. The van der Waals surface area contributed by atoms with Crippen LogP contribution in [0.3, 0.4) is 0 Å². The van der Waals surface area contributed by atoms with Gasteiger partial charge in [-0.05, 0) is 68.3 Å². The molecule has 0 atom stereocenters. The Labute approximate surface area is 265 Å². The zero-order valence-corrected chi connectivity index (χ0v) is 26.7. The number of sulfonamides is 1. The largest absolute Gasteiger partial charge is 0.369 e. The molecule has 4 aromatic rings. The second-order valence-corrected chi connectivity index (χ2v) is 13.1. The molecule has 0 aromatic heterocycles. The summed E-state index contributed by atoms with van der Waals surface area (Å²) in [4.78, 5) is 32.7. The third-order valence-electron chi connectivity index (χ3n) is 7.85. The Kier molecular flexibility index (Phi) is 9.73. The SMILES string of the molecule is Cc1ccc(NC(=O)N2CCCN(c3ccc(NS(=O)(=O)c4ccc(C)cc4)cc3C(=O)N(C)Cc3ccccc3)CC2)cc1. The Balaban J connectivity index is 1.39. The highest BCUT2D eigenvalue weighted by Crippen LogP contribution is 2.29. The molecule has 1 saturated heterocycles. The first-order valence-electron chi connectivity index (χ1n) is 15.0. The third kappa shape index (κ3) is 8.02. The van der Waals surface area contributed by atoms with Crippen LogP contribution in [0.15, 0.2) is 102 Å². The van der Waals surface area contributed by atoms with Gasteiger partial charge in [-0.1, -0.05) is 65.7 Å². The summed E-state index contributed by atoms with van der Waals surface area (Å²) in [6, 6.07) is 28.9. The molecule has 0 aliphatic carbocycles. The minimum atomic E-state index is -3.87. The Morgan fingerprint density at radius 3 is 2.11 bits per heavy atom. The molecule has 0 unspecified atom stereocenters. The fraction of sp³-hybridized carbons (Fsp3) is 0.257. The minimum absolute atomic E-state index is 0.141. The topological polar surface area (TPSA) is 102 Å². The van der Waals surface area contributed by atoms with E-state index < -0.39 is 10.0 Å². The molecule has 234 valence electrons. The van der Waals surface area contributed by atoms with Gasteiger partial charge < -0.3 is 20.0 Å². The van der Waals surface area contributed by atoms with Crippen LogP contribution >= 0.6 is 0 Å². The van der Waals surface area contributed by atoms with Gasteiger partial charge in [-0.2, -0.15) is 0 Å². The van der Waals surface area contributed by atoms with Crippen molar-refractivity contribution < 1.29 is 18.0 Å². The molecule has 4 aromatic carbocycles. The first kappa shape index (κ1) is 31.6. The molecule has 0 bridgehead atoms. The van der Waals surface area contributed by atoms with Crippen molar-refractivity contribution in [3.05, 3.63) is 119 Å². The number of benzene rings is 4. The minimum Gasteiger partial charge on any atom is -0.369 e. The molecule has 1 aliphatic rings. The van der Waals surface area contributed by atoms with Gasteiger partial charge in [0.05, 0.1) is 10.5 Å². The zero-order valence-electron chi connectivity index (χ0n) is 25.9. The van der Waals surface area contributed by atoms with Gasteiger partial charge in [-0.3, -0.25) is 9.52 Å². The molecule has 2 N–H and O–H groups in total. The van der Waals surface area contributed by atoms with Crippen molar-refractivity contribution in [3.63, 3.8) is 0 Å². The quantitative estimate of drug-likeness (QED) is 0.246. The number of rotatable bonds is 8. The van der Waals surface area contributed by atoms with E-state index in [-0.39, 0.29) is 16.8 Å². The lowest BCUT2D eigenvalue weighted by Gasteiger charge is -2.28. The summed E-state index contributed by atoms with van der Waals surface area (Å²) < 4.78 is 29.0. The van der Waals surface area contributed by atoms with E-state index in [2.05, 4.69) is 14.9 Å². The Morgan fingerprint density at radius 1 is 0.778 bits per heavy atom. The standard InChI is InChI=1S/C35H39N5O4S/c1-26-10-14-29(15-11-26)36-35(42)40-21-7-20-39(22-23-40)33-19-16-30(37-45(43,44)31-17-12-27(2)13-18-31)24-32(33)34(41)38(3)25-28-8-5-4-6-9-28/h4-6,8-19,24,37H,7,20-23,25H2,1-3H3,(H,36,42).